The zero-order chi connectivity index (χ0) is 10.8. The summed E-state index contributed by atoms with van der Waals surface area (Å²) in [5, 5.41) is 0. The minimum Gasteiger partial charge on any atom is -0.464 e. The second-order valence-electron chi connectivity index (χ2n) is 3.87. The third kappa shape index (κ3) is 1.89. The number of nitrogens with zero attached hydrogens (tertiary/aromatic N) is 1. The number of anilines is 1. The third-order valence-electron chi connectivity index (χ3n) is 2.48. The van der Waals surface area contributed by atoms with Gasteiger partial charge in [0.1, 0.15) is 5.76 Å². The highest BCUT2D eigenvalue weighted by Crippen LogP contribution is 2.26. The van der Waals surface area contributed by atoms with Crippen LogP contribution in [0.15, 0.2) is 41.0 Å². The molecule has 2 heteroatoms. The van der Waals surface area contributed by atoms with Gasteiger partial charge in [0.2, 0.25) is 0 Å². The lowest BCUT2D eigenvalue weighted by Gasteiger charge is -2.15. The Kier molecular flexibility index (Phi) is 2.50. The normalized spacial score (nSPS) is 10.3. The summed E-state index contributed by atoms with van der Waals surface area (Å²) in [6.07, 6.45) is 1.70. The largest absolute Gasteiger partial charge is 0.464 e. The molecule has 0 aliphatic heterocycles. The zero-order valence-corrected chi connectivity index (χ0v) is 9.32. The van der Waals surface area contributed by atoms with Crippen LogP contribution in [0.25, 0.3) is 11.3 Å². The van der Waals surface area contributed by atoms with E-state index in [9.17, 15) is 0 Å². The molecule has 0 saturated carbocycles. The van der Waals surface area contributed by atoms with Crippen molar-refractivity contribution in [2.45, 2.75) is 6.92 Å². The molecule has 1 heterocycles. The Balaban J connectivity index is 2.42. The number of furan rings is 1. The first-order chi connectivity index (χ1) is 7.18. The molecule has 1 aromatic heterocycles. The van der Waals surface area contributed by atoms with Gasteiger partial charge in [-0.05, 0) is 42.8 Å². The van der Waals surface area contributed by atoms with Crippen LogP contribution >= 0.6 is 0 Å². The molecule has 0 radical (unpaired) electrons. The Morgan fingerprint density at radius 1 is 1.13 bits per heavy atom. The van der Waals surface area contributed by atoms with Gasteiger partial charge in [-0.15, -0.1) is 0 Å². The lowest BCUT2D eigenvalue weighted by atomic mass is 10.1. The average molecular weight is 201 g/mol. The Morgan fingerprint density at radius 2 is 1.93 bits per heavy atom. The van der Waals surface area contributed by atoms with Gasteiger partial charge in [-0.1, -0.05) is 0 Å². The number of hydrogen-bond donors (Lipinski definition) is 0. The number of aryl methyl sites for hydroxylation is 1. The van der Waals surface area contributed by atoms with Gasteiger partial charge in [-0.2, -0.15) is 0 Å². The van der Waals surface area contributed by atoms with E-state index in [1.165, 1.54) is 11.3 Å². The molecule has 0 aliphatic rings. The molecule has 0 amide bonds. The van der Waals surface area contributed by atoms with Crippen molar-refractivity contribution < 1.29 is 4.42 Å². The monoisotopic (exact) mass is 201 g/mol. The molecule has 0 atom stereocenters. The van der Waals surface area contributed by atoms with E-state index in [-0.39, 0.29) is 0 Å². The first kappa shape index (κ1) is 9.84. The maximum Gasteiger partial charge on any atom is 0.133 e. The Morgan fingerprint density at radius 3 is 2.47 bits per heavy atom. The molecule has 0 bridgehead atoms. The van der Waals surface area contributed by atoms with Gasteiger partial charge in [-0.25, -0.2) is 0 Å². The van der Waals surface area contributed by atoms with E-state index in [4.69, 9.17) is 4.42 Å². The van der Waals surface area contributed by atoms with Crippen LogP contribution in [-0.4, -0.2) is 14.1 Å². The van der Waals surface area contributed by atoms with Crippen LogP contribution in [0, 0.1) is 6.92 Å². The number of benzene rings is 1. The predicted octanol–water partition coefficient (Wildman–Crippen LogP) is 3.32. The van der Waals surface area contributed by atoms with E-state index >= 15 is 0 Å². The molecular formula is C13H15NO. The van der Waals surface area contributed by atoms with Crippen molar-refractivity contribution in [1.82, 2.24) is 0 Å². The Hall–Kier alpha value is -1.70. The summed E-state index contributed by atoms with van der Waals surface area (Å²) in [6, 6.07) is 10.2. The Bertz CT molecular complexity index is 444. The van der Waals surface area contributed by atoms with Crippen LogP contribution in [0.4, 0.5) is 5.69 Å². The van der Waals surface area contributed by atoms with Gasteiger partial charge >= 0.3 is 0 Å². The molecule has 78 valence electrons. The fourth-order valence-electron chi connectivity index (χ4n) is 1.75. The first-order valence-corrected chi connectivity index (χ1v) is 5.00. The molecule has 1 aromatic carbocycles. The van der Waals surface area contributed by atoms with E-state index < -0.39 is 0 Å². The smallest absolute Gasteiger partial charge is 0.133 e. The second-order valence-corrected chi connectivity index (χ2v) is 3.87. The van der Waals surface area contributed by atoms with E-state index in [1.807, 2.05) is 12.1 Å². The lowest BCUT2D eigenvalue weighted by Crippen LogP contribution is -2.09. The average Bonchev–Trinajstić information content (AvgIpc) is 2.69. The summed E-state index contributed by atoms with van der Waals surface area (Å²) in [4.78, 5) is 2.11. The van der Waals surface area contributed by atoms with Crippen LogP contribution in [0.3, 0.4) is 0 Å². The highest BCUT2D eigenvalue weighted by atomic mass is 16.3. The fourth-order valence-corrected chi connectivity index (χ4v) is 1.75. The van der Waals surface area contributed by atoms with Crippen LogP contribution < -0.4 is 4.90 Å². The maximum atomic E-state index is 5.36. The van der Waals surface area contributed by atoms with Crippen molar-refractivity contribution >= 4 is 5.69 Å². The fraction of sp³-hybridized carbons (Fsp3) is 0.231. The molecule has 0 fully saturated rings. The first-order valence-electron chi connectivity index (χ1n) is 5.00. The molecule has 0 saturated heterocycles. The second kappa shape index (κ2) is 3.81. The van der Waals surface area contributed by atoms with Crippen molar-refractivity contribution in [1.29, 1.82) is 0 Å². The molecule has 0 aliphatic carbocycles. The van der Waals surface area contributed by atoms with Gasteiger partial charge in [-0.3, -0.25) is 0 Å². The van der Waals surface area contributed by atoms with Crippen LogP contribution in [0.2, 0.25) is 0 Å². The van der Waals surface area contributed by atoms with E-state index in [0.29, 0.717) is 0 Å². The van der Waals surface area contributed by atoms with Gasteiger partial charge in [0.05, 0.1) is 6.26 Å². The van der Waals surface area contributed by atoms with Crippen LogP contribution in [0.1, 0.15) is 5.56 Å². The molecular weight excluding hydrogens is 186 g/mol. The van der Waals surface area contributed by atoms with Gasteiger partial charge in [0.25, 0.3) is 0 Å². The highest BCUT2D eigenvalue weighted by Gasteiger charge is 2.04. The molecule has 0 N–H and O–H groups in total. The van der Waals surface area contributed by atoms with Crippen molar-refractivity contribution in [3.05, 3.63) is 42.2 Å². The van der Waals surface area contributed by atoms with Gasteiger partial charge < -0.3 is 9.32 Å². The zero-order valence-electron chi connectivity index (χ0n) is 9.32. The van der Waals surface area contributed by atoms with E-state index in [1.54, 1.807) is 6.26 Å². The minimum absolute atomic E-state index is 0.920. The van der Waals surface area contributed by atoms with E-state index in [2.05, 4.69) is 44.1 Å². The van der Waals surface area contributed by atoms with Gasteiger partial charge in [0.15, 0.2) is 0 Å². The van der Waals surface area contributed by atoms with Crippen molar-refractivity contribution in [3.8, 4) is 11.3 Å². The topological polar surface area (TPSA) is 16.4 Å². The third-order valence-corrected chi connectivity index (χ3v) is 2.48. The SMILES string of the molecule is Cc1cc(-c2ccco2)ccc1N(C)C. The quantitative estimate of drug-likeness (QED) is 0.741. The molecule has 2 rings (SSSR count). The van der Waals surface area contributed by atoms with Crippen LogP contribution in [-0.2, 0) is 0 Å². The number of rotatable bonds is 2. The van der Waals surface area contributed by atoms with Crippen molar-refractivity contribution in [2.24, 2.45) is 0 Å². The summed E-state index contributed by atoms with van der Waals surface area (Å²) in [5.41, 5.74) is 3.63. The summed E-state index contributed by atoms with van der Waals surface area (Å²) in [6.45, 7) is 2.11. The maximum absolute atomic E-state index is 5.36. The molecule has 0 unspecified atom stereocenters. The molecule has 0 spiro atoms. The lowest BCUT2D eigenvalue weighted by molar-refractivity contribution is 0.582. The summed E-state index contributed by atoms with van der Waals surface area (Å²) >= 11 is 0. The standard InChI is InChI=1S/C13H15NO/c1-10-9-11(13-5-4-8-15-13)6-7-12(10)14(2)3/h4-9H,1-3H3. The summed E-state index contributed by atoms with van der Waals surface area (Å²) in [5.74, 6) is 0.920. The molecule has 15 heavy (non-hydrogen) atoms. The van der Waals surface area contributed by atoms with Crippen molar-refractivity contribution in [2.75, 3.05) is 19.0 Å². The minimum atomic E-state index is 0.920. The highest BCUT2D eigenvalue weighted by molar-refractivity contribution is 5.65. The predicted molar refractivity (Wildman–Crippen MR) is 63.2 cm³/mol. The van der Waals surface area contributed by atoms with Gasteiger partial charge in [0, 0.05) is 25.3 Å². The molecule has 2 aromatic rings. The van der Waals surface area contributed by atoms with Crippen LogP contribution in [0.5, 0.6) is 0 Å². The number of hydrogen-bond acceptors (Lipinski definition) is 2. The molecule has 2 nitrogen and oxygen atoms in total. The summed E-state index contributed by atoms with van der Waals surface area (Å²) < 4.78 is 5.36. The van der Waals surface area contributed by atoms with Crippen molar-refractivity contribution in [3.63, 3.8) is 0 Å². The van der Waals surface area contributed by atoms with E-state index in [0.717, 1.165) is 11.3 Å². The summed E-state index contributed by atoms with van der Waals surface area (Å²) in [7, 11) is 4.10. The Labute approximate surface area is 90.1 Å².